The van der Waals surface area contributed by atoms with Crippen LogP contribution >= 0.6 is 0 Å². The van der Waals surface area contributed by atoms with E-state index < -0.39 is 8.32 Å². The summed E-state index contributed by atoms with van der Waals surface area (Å²) in [4.78, 5) is 0. The fourth-order valence-corrected chi connectivity index (χ4v) is 9.93. The fourth-order valence-electron chi connectivity index (χ4n) is 5.41. The van der Waals surface area contributed by atoms with Gasteiger partial charge >= 0.3 is 8.32 Å². The number of benzene rings is 2. The fraction of sp³-hybridized carbons (Fsp3) is 0.440. The molecule has 2 aliphatic carbocycles. The molecule has 0 N–H and O–H groups in total. The summed E-state index contributed by atoms with van der Waals surface area (Å²) in [5.41, 5.74) is -0.229. The molecule has 2 aromatic rings. The van der Waals surface area contributed by atoms with Gasteiger partial charge in [0.1, 0.15) is 11.4 Å². The van der Waals surface area contributed by atoms with E-state index in [1.807, 2.05) is 7.11 Å². The standard InChI is InChI=1S/C25H32O2Si/c1-24(2,3)28(21-13-7-5-8-14-21,22-15-9-6-10-16-22)27-23-18-17-20-12-11-19-25(20,23)26-4/h5-10,13-16,18,20H,11-12,17,19H2,1-4H3/t20-,25+/m0/s1. The molecule has 2 atom stereocenters. The third-order valence-corrected chi connectivity index (χ3v) is 11.7. The predicted molar refractivity (Wildman–Crippen MR) is 118 cm³/mol. The molecule has 0 heterocycles. The Hall–Kier alpha value is -1.84. The number of methoxy groups -OCH3 is 1. The van der Waals surface area contributed by atoms with Crippen molar-refractivity contribution in [2.45, 2.75) is 57.1 Å². The highest BCUT2D eigenvalue weighted by Crippen LogP contribution is 2.52. The Balaban J connectivity index is 1.89. The lowest BCUT2D eigenvalue weighted by Crippen LogP contribution is -2.67. The molecule has 0 aromatic heterocycles. The number of rotatable bonds is 5. The van der Waals surface area contributed by atoms with Crippen LogP contribution in [0.25, 0.3) is 0 Å². The summed E-state index contributed by atoms with van der Waals surface area (Å²) < 4.78 is 13.5. The molecule has 0 spiro atoms. The predicted octanol–water partition coefficient (Wildman–Crippen LogP) is 5.04. The minimum absolute atomic E-state index is 0.0256. The first-order valence-corrected chi connectivity index (χ1v) is 12.4. The van der Waals surface area contributed by atoms with E-state index in [4.69, 9.17) is 9.16 Å². The van der Waals surface area contributed by atoms with E-state index in [-0.39, 0.29) is 10.6 Å². The molecule has 0 radical (unpaired) electrons. The molecule has 2 nitrogen and oxygen atoms in total. The topological polar surface area (TPSA) is 18.5 Å². The Morgan fingerprint density at radius 2 is 1.50 bits per heavy atom. The number of allylic oxidation sites excluding steroid dienone is 1. The molecule has 0 aliphatic heterocycles. The summed E-state index contributed by atoms with van der Waals surface area (Å²) in [6.07, 6.45) is 6.92. The first-order valence-electron chi connectivity index (χ1n) is 10.5. The van der Waals surface area contributed by atoms with Crippen LogP contribution in [0.1, 0.15) is 46.5 Å². The highest BCUT2D eigenvalue weighted by Gasteiger charge is 2.57. The number of fused-ring (bicyclic) bond motifs is 1. The van der Waals surface area contributed by atoms with Crippen LogP contribution in [0.5, 0.6) is 0 Å². The normalized spacial score (nSPS) is 24.7. The molecule has 2 aliphatic rings. The van der Waals surface area contributed by atoms with Gasteiger partial charge in [-0.1, -0.05) is 81.4 Å². The molecule has 0 saturated heterocycles. The molecular weight excluding hydrogens is 360 g/mol. The van der Waals surface area contributed by atoms with E-state index in [1.54, 1.807) is 0 Å². The van der Waals surface area contributed by atoms with Crippen LogP contribution in [0.4, 0.5) is 0 Å². The zero-order valence-electron chi connectivity index (χ0n) is 17.6. The number of hydrogen-bond donors (Lipinski definition) is 0. The lowest BCUT2D eigenvalue weighted by atomic mass is 9.93. The first-order chi connectivity index (χ1) is 13.4. The zero-order valence-corrected chi connectivity index (χ0v) is 18.6. The van der Waals surface area contributed by atoms with E-state index in [1.165, 1.54) is 23.2 Å². The van der Waals surface area contributed by atoms with Crippen molar-refractivity contribution in [3.05, 3.63) is 72.5 Å². The summed E-state index contributed by atoms with van der Waals surface area (Å²) >= 11 is 0. The Kier molecular flexibility index (Phi) is 5.01. The van der Waals surface area contributed by atoms with Gasteiger partial charge in [-0.15, -0.1) is 0 Å². The van der Waals surface area contributed by atoms with Crippen LogP contribution in [-0.4, -0.2) is 21.0 Å². The average Bonchev–Trinajstić information content (AvgIpc) is 3.26. The van der Waals surface area contributed by atoms with Crippen LogP contribution in [0.2, 0.25) is 5.04 Å². The van der Waals surface area contributed by atoms with Gasteiger partial charge in [0.15, 0.2) is 0 Å². The molecule has 3 heteroatoms. The van der Waals surface area contributed by atoms with Crippen molar-refractivity contribution in [2.75, 3.05) is 7.11 Å². The van der Waals surface area contributed by atoms with Crippen molar-refractivity contribution < 1.29 is 9.16 Å². The van der Waals surface area contributed by atoms with Crippen molar-refractivity contribution in [2.24, 2.45) is 5.92 Å². The second kappa shape index (κ2) is 7.20. The molecular formula is C25H32O2Si. The maximum Gasteiger partial charge on any atom is 0.319 e. The maximum atomic E-state index is 7.32. The number of hydrogen-bond acceptors (Lipinski definition) is 2. The van der Waals surface area contributed by atoms with Gasteiger partial charge in [-0.2, -0.15) is 0 Å². The van der Waals surface area contributed by atoms with Gasteiger partial charge in [0.25, 0.3) is 0 Å². The second-order valence-electron chi connectivity index (χ2n) is 9.25. The van der Waals surface area contributed by atoms with E-state index in [2.05, 4.69) is 87.5 Å². The van der Waals surface area contributed by atoms with Gasteiger partial charge in [0.05, 0.1) is 0 Å². The highest BCUT2D eigenvalue weighted by molar-refractivity contribution is 6.99. The monoisotopic (exact) mass is 392 g/mol. The summed E-state index contributed by atoms with van der Waals surface area (Å²) in [6, 6.07) is 21.8. The maximum absolute atomic E-state index is 7.32. The van der Waals surface area contributed by atoms with Gasteiger partial charge in [0, 0.05) is 7.11 Å². The molecule has 2 aromatic carbocycles. The van der Waals surface area contributed by atoms with E-state index >= 15 is 0 Å². The SMILES string of the molecule is CO[C@]12CCC[C@H]1CC=C2O[Si](c1ccccc1)(c1ccccc1)C(C)(C)C. The van der Waals surface area contributed by atoms with Crippen LogP contribution < -0.4 is 10.4 Å². The quantitative estimate of drug-likeness (QED) is 0.664. The summed E-state index contributed by atoms with van der Waals surface area (Å²) in [5, 5.41) is 2.62. The van der Waals surface area contributed by atoms with Gasteiger partial charge in [-0.3, -0.25) is 0 Å². The lowest BCUT2D eigenvalue weighted by molar-refractivity contribution is -0.0248. The Labute approximate surface area is 170 Å². The molecule has 1 fully saturated rings. The molecule has 28 heavy (non-hydrogen) atoms. The third kappa shape index (κ3) is 2.87. The third-order valence-electron chi connectivity index (χ3n) is 6.81. The van der Waals surface area contributed by atoms with E-state index in [0.717, 1.165) is 18.6 Å². The largest absolute Gasteiger partial charge is 0.535 e. The van der Waals surface area contributed by atoms with Crippen LogP contribution in [0, 0.1) is 5.92 Å². The highest BCUT2D eigenvalue weighted by atomic mass is 28.4. The Bertz CT molecular complexity index is 798. The minimum atomic E-state index is -2.59. The molecule has 1 saturated carbocycles. The smallest absolute Gasteiger partial charge is 0.319 e. The summed E-state index contributed by atoms with van der Waals surface area (Å²) in [6.45, 7) is 7.00. The van der Waals surface area contributed by atoms with E-state index in [0.29, 0.717) is 5.92 Å². The van der Waals surface area contributed by atoms with E-state index in [9.17, 15) is 0 Å². The molecule has 0 bridgehead atoms. The van der Waals surface area contributed by atoms with Gasteiger partial charge in [-0.25, -0.2) is 0 Å². The molecule has 148 valence electrons. The Morgan fingerprint density at radius 1 is 0.929 bits per heavy atom. The van der Waals surface area contributed by atoms with Gasteiger partial charge < -0.3 is 9.16 Å². The Morgan fingerprint density at radius 3 is 2.00 bits per heavy atom. The molecule has 0 amide bonds. The van der Waals surface area contributed by atoms with Gasteiger partial charge in [0.2, 0.25) is 0 Å². The lowest BCUT2D eigenvalue weighted by Gasteiger charge is -2.46. The van der Waals surface area contributed by atoms with Crippen molar-refractivity contribution >= 4 is 18.7 Å². The van der Waals surface area contributed by atoms with Crippen molar-refractivity contribution in [3.63, 3.8) is 0 Å². The van der Waals surface area contributed by atoms with Gasteiger partial charge in [-0.05, 0) is 53.1 Å². The van der Waals surface area contributed by atoms with Crippen molar-refractivity contribution in [1.82, 2.24) is 0 Å². The minimum Gasteiger partial charge on any atom is -0.535 e. The average molecular weight is 393 g/mol. The summed E-state index contributed by atoms with van der Waals surface area (Å²) in [7, 11) is -0.719. The zero-order chi connectivity index (χ0) is 19.8. The van der Waals surface area contributed by atoms with Crippen molar-refractivity contribution in [1.29, 1.82) is 0 Å². The number of ether oxygens (including phenoxy) is 1. The van der Waals surface area contributed by atoms with Crippen LogP contribution in [-0.2, 0) is 9.16 Å². The summed E-state index contributed by atoms with van der Waals surface area (Å²) in [5.74, 6) is 1.65. The second-order valence-corrected chi connectivity index (χ2v) is 13.5. The van der Waals surface area contributed by atoms with Crippen molar-refractivity contribution in [3.8, 4) is 0 Å². The van der Waals surface area contributed by atoms with Crippen LogP contribution in [0.15, 0.2) is 72.5 Å². The molecule has 0 unspecified atom stereocenters. The molecule has 4 rings (SSSR count). The van der Waals surface area contributed by atoms with Crippen LogP contribution in [0.3, 0.4) is 0 Å². The first kappa shape index (κ1) is 19.5.